The third-order valence-electron chi connectivity index (χ3n) is 3.54. The van der Waals surface area contributed by atoms with Crippen molar-refractivity contribution in [3.8, 4) is 5.75 Å². The Bertz CT molecular complexity index is 676. The fourth-order valence-electron chi connectivity index (χ4n) is 2.45. The minimum Gasteiger partial charge on any atom is -0.497 e. The Labute approximate surface area is 136 Å². The topological polar surface area (TPSA) is 26.5 Å². The number of aromatic nitrogens is 2. The standard InChI is InChI=1S/C16H17BrN2OS/c1-20-15-4-2-12(3-5-15)8-13(10-17)9-14-11-19-6-7-21-16(19)18-14/h2-7,11,13H,8-10H2,1H3. The van der Waals surface area contributed by atoms with Gasteiger partial charge >= 0.3 is 0 Å². The minimum atomic E-state index is 0.544. The molecule has 0 amide bonds. The normalized spacial score (nSPS) is 12.7. The summed E-state index contributed by atoms with van der Waals surface area (Å²) in [5.74, 6) is 1.45. The maximum atomic E-state index is 5.20. The number of alkyl halides is 1. The molecule has 0 bridgehead atoms. The number of ether oxygens (including phenoxy) is 1. The lowest BCUT2D eigenvalue weighted by Crippen LogP contribution is -2.10. The van der Waals surface area contributed by atoms with Gasteiger partial charge in [0.2, 0.25) is 0 Å². The average Bonchev–Trinajstić information content (AvgIpc) is 3.08. The zero-order valence-electron chi connectivity index (χ0n) is 11.8. The number of methoxy groups -OCH3 is 1. The van der Waals surface area contributed by atoms with Crippen molar-refractivity contribution in [1.29, 1.82) is 0 Å². The van der Waals surface area contributed by atoms with Crippen molar-refractivity contribution in [3.63, 3.8) is 0 Å². The van der Waals surface area contributed by atoms with E-state index in [0.29, 0.717) is 5.92 Å². The van der Waals surface area contributed by atoms with Crippen LogP contribution in [0.5, 0.6) is 5.75 Å². The van der Waals surface area contributed by atoms with Gasteiger partial charge in [0.15, 0.2) is 4.96 Å². The van der Waals surface area contributed by atoms with Gasteiger partial charge in [0.1, 0.15) is 5.75 Å². The van der Waals surface area contributed by atoms with Crippen molar-refractivity contribution < 1.29 is 4.74 Å². The number of thiazole rings is 1. The van der Waals surface area contributed by atoms with Gasteiger partial charge in [-0.3, -0.25) is 4.40 Å². The smallest absolute Gasteiger partial charge is 0.193 e. The second-order valence-corrected chi connectivity index (χ2v) is 6.62. The Morgan fingerprint density at radius 2 is 2.10 bits per heavy atom. The molecule has 3 nitrogen and oxygen atoms in total. The molecule has 110 valence electrons. The van der Waals surface area contributed by atoms with Gasteiger partial charge in [0, 0.05) is 23.1 Å². The van der Waals surface area contributed by atoms with Gasteiger partial charge in [0.05, 0.1) is 12.8 Å². The summed E-state index contributed by atoms with van der Waals surface area (Å²) >= 11 is 5.31. The van der Waals surface area contributed by atoms with E-state index in [0.717, 1.165) is 28.9 Å². The third-order valence-corrected chi connectivity index (χ3v) is 5.23. The van der Waals surface area contributed by atoms with Crippen LogP contribution in [-0.4, -0.2) is 21.8 Å². The minimum absolute atomic E-state index is 0.544. The summed E-state index contributed by atoms with van der Waals surface area (Å²) < 4.78 is 7.30. The summed E-state index contributed by atoms with van der Waals surface area (Å²) in [6.07, 6.45) is 6.23. The van der Waals surface area contributed by atoms with Gasteiger partial charge in [-0.2, -0.15) is 0 Å². The van der Waals surface area contributed by atoms with Crippen molar-refractivity contribution in [1.82, 2.24) is 9.38 Å². The third kappa shape index (κ3) is 3.47. The maximum absolute atomic E-state index is 5.20. The van der Waals surface area contributed by atoms with Crippen LogP contribution < -0.4 is 4.74 Å². The zero-order chi connectivity index (χ0) is 14.7. The van der Waals surface area contributed by atoms with E-state index in [1.54, 1.807) is 18.4 Å². The van der Waals surface area contributed by atoms with E-state index in [-0.39, 0.29) is 0 Å². The molecule has 3 aromatic rings. The van der Waals surface area contributed by atoms with Crippen molar-refractivity contribution in [3.05, 3.63) is 53.3 Å². The fraction of sp³-hybridized carbons (Fsp3) is 0.312. The van der Waals surface area contributed by atoms with Crippen molar-refractivity contribution in [2.75, 3.05) is 12.4 Å². The fourth-order valence-corrected chi connectivity index (χ4v) is 3.62. The summed E-state index contributed by atoms with van der Waals surface area (Å²) in [5.41, 5.74) is 2.50. The largest absolute Gasteiger partial charge is 0.497 e. The van der Waals surface area contributed by atoms with Gasteiger partial charge in [-0.05, 0) is 36.5 Å². The lowest BCUT2D eigenvalue weighted by atomic mass is 9.97. The maximum Gasteiger partial charge on any atom is 0.193 e. The Kier molecular flexibility index (Phi) is 4.60. The second-order valence-electron chi connectivity index (χ2n) is 5.10. The molecule has 0 aliphatic heterocycles. The number of imidazole rings is 1. The lowest BCUT2D eigenvalue weighted by Gasteiger charge is -2.13. The van der Waals surface area contributed by atoms with Crippen LogP contribution in [0.1, 0.15) is 11.3 Å². The molecule has 0 aliphatic rings. The lowest BCUT2D eigenvalue weighted by molar-refractivity contribution is 0.414. The number of benzene rings is 1. The van der Waals surface area contributed by atoms with Crippen molar-refractivity contribution >= 4 is 32.2 Å². The Balaban J connectivity index is 1.67. The molecule has 2 aromatic heterocycles. The van der Waals surface area contributed by atoms with Crippen LogP contribution in [0.15, 0.2) is 42.0 Å². The Morgan fingerprint density at radius 3 is 2.76 bits per heavy atom. The first-order valence-electron chi connectivity index (χ1n) is 6.88. The van der Waals surface area contributed by atoms with E-state index < -0.39 is 0 Å². The Hall–Kier alpha value is -1.33. The molecular formula is C16H17BrN2OS. The molecule has 1 unspecified atom stereocenters. The molecule has 0 radical (unpaired) electrons. The van der Waals surface area contributed by atoms with Gasteiger partial charge in [-0.15, -0.1) is 11.3 Å². The molecule has 0 fully saturated rings. The van der Waals surface area contributed by atoms with Gasteiger partial charge in [-0.1, -0.05) is 28.1 Å². The molecule has 0 spiro atoms. The summed E-state index contributed by atoms with van der Waals surface area (Å²) in [5, 5.41) is 3.04. The first kappa shape index (κ1) is 14.6. The molecule has 3 rings (SSSR count). The quantitative estimate of drug-likeness (QED) is 0.612. The highest BCUT2D eigenvalue weighted by Gasteiger charge is 2.12. The molecule has 5 heteroatoms. The molecule has 0 aliphatic carbocycles. The monoisotopic (exact) mass is 364 g/mol. The number of hydrogen-bond acceptors (Lipinski definition) is 3. The van der Waals surface area contributed by atoms with E-state index in [1.165, 1.54) is 11.3 Å². The van der Waals surface area contributed by atoms with Crippen molar-refractivity contribution in [2.24, 2.45) is 5.92 Å². The van der Waals surface area contributed by atoms with E-state index in [1.807, 2.05) is 12.1 Å². The first-order chi connectivity index (χ1) is 10.3. The Morgan fingerprint density at radius 1 is 1.29 bits per heavy atom. The number of hydrogen-bond donors (Lipinski definition) is 0. The first-order valence-corrected chi connectivity index (χ1v) is 8.88. The highest BCUT2D eigenvalue weighted by molar-refractivity contribution is 9.09. The number of fused-ring (bicyclic) bond motifs is 1. The number of halogens is 1. The van der Waals surface area contributed by atoms with Crippen molar-refractivity contribution in [2.45, 2.75) is 12.8 Å². The predicted octanol–water partition coefficient (Wildman–Crippen LogP) is 4.20. The molecule has 0 saturated carbocycles. The average molecular weight is 365 g/mol. The number of rotatable bonds is 6. The molecule has 0 N–H and O–H groups in total. The van der Waals surface area contributed by atoms with E-state index >= 15 is 0 Å². The van der Waals surface area contributed by atoms with E-state index in [2.05, 4.69) is 55.2 Å². The highest BCUT2D eigenvalue weighted by Crippen LogP contribution is 2.20. The molecule has 0 saturated heterocycles. The molecule has 21 heavy (non-hydrogen) atoms. The summed E-state index contributed by atoms with van der Waals surface area (Å²) in [7, 11) is 1.70. The van der Waals surface area contributed by atoms with Crippen LogP contribution in [0.25, 0.3) is 4.96 Å². The summed E-state index contributed by atoms with van der Waals surface area (Å²) in [6.45, 7) is 0. The van der Waals surface area contributed by atoms with Crippen LogP contribution in [0.3, 0.4) is 0 Å². The van der Waals surface area contributed by atoms with Crippen LogP contribution in [0, 0.1) is 5.92 Å². The molecular weight excluding hydrogens is 348 g/mol. The van der Waals surface area contributed by atoms with E-state index in [9.17, 15) is 0 Å². The van der Waals surface area contributed by atoms with Crippen LogP contribution in [0.4, 0.5) is 0 Å². The highest BCUT2D eigenvalue weighted by atomic mass is 79.9. The molecule has 2 heterocycles. The zero-order valence-corrected chi connectivity index (χ0v) is 14.2. The second kappa shape index (κ2) is 6.62. The van der Waals surface area contributed by atoms with Gasteiger partial charge < -0.3 is 4.74 Å². The van der Waals surface area contributed by atoms with Crippen LogP contribution in [-0.2, 0) is 12.8 Å². The molecule has 1 aromatic carbocycles. The SMILES string of the molecule is COc1ccc(CC(CBr)Cc2cn3ccsc3n2)cc1. The molecule has 1 atom stereocenters. The summed E-state index contributed by atoms with van der Waals surface area (Å²) in [4.78, 5) is 5.74. The van der Waals surface area contributed by atoms with Gasteiger partial charge in [-0.25, -0.2) is 4.98 Å². The van der Waals surface area contributed by atoms with Crippen LogP contribution in [0.2, 0.25) is 0 Å². The summed E-state index contributed by atoms with van der Waals surface area (Å²) in [6, 6.07) is 8.32. The van der Waals surface area contributed by atoms with Gasteiger partial charge in [0.25, 0.3) is 0 Å². The van der Waals surface area contributed by atoms with E-state index in [4.69, 9.17) is 4.74 Å². The van der Waals surface area contributed by atoms with Crippen LogP contribution >= 0.6 is 27.3 Å². The number of nitrogens with zero attached hydrogens (tertiary/aromatic N) is 2. The predicted molar refractivity (Wildman–Crippen MR) is 90.8 cm³/mol.